The molecule has 3 rings (SSSR count). The number of hydrogen-bond acceptors (Lipinski definition) is 8. The van der Waals surface area contributed by atoms with E-state index in [0.29, 0.717) is 29.2 Å². The van der Waals surface area contributed by atoms with Gasteiger partial charge in [-0.05, 0) is 42.7 Å². The summed E-state index contributed by atoms with van der Waals surface area (Å²) in [6.45, 7) is 0.207. The van der Waals surface area contributed by atoms with Gasteiger partial charge in [0.25, 0.3) is 0 Å². The first-order valence-corrected chi connectivity index (χ1v) is 9.71. The summed E-state index contributed by atoms with van der Waals surface area (Å²) in [5.41, 5.74) is 0.786. The number of esters is 1. The molecule has 1 amide bonds. The van der Waals surface area contributed by atoms with Gasteiger partial charge in [-0.3, -0.25) is 10.1 Å². The minimum atomic E-state index is -0.834. The van der Waals surface area contributed by atoms with Crippen LogP contribution in [0.15, 0.2) is 36.4 Å². The topological polar surface area (TPSA) is 103 Å². The minimum absolute atomic E-state index is 0.0406. The highest BCUT2D eigenvalue weighted by molar-refractivity contribution is 7.81. The average Bonchev–Trinajstić information content (AvgIpc) is 3.20. The van der Waals surface area contributed by atoms with Crippen molar-refractivity contribution in [2.75, 3.05) is 24.5 Å². The lowest BCUT2D eigenvalue weighted by Gasteiger charge is -2.19. The van der Waals surface area contributed by atoms with Crippen LogP contribution in [0.1, 0.15) is 24.5 Å². The maximum atomic E-state index is 13.8. The summed E-state index contributed by atoms with van der Waals surface area (Å²) in [6, 6.07) is 8.60. The Kier molecular flexibility index (Phi) is 7.23. The van der Waals surface area contributed by atoms with Gasteiger partial charge in [-0.25, -0.2) is 9.18 Å². The van der Waals surface area contributed by atoms with Crippen molar-refractivity contribution < 1.29 is 38.0 Å². The number of aromatic hydroxyl groups is 1. The van der Waals surface area contributed by atoms with E-state index in [1.165, 1.54) is 12.1 Å². The van der Waals surface area contributed by atoms with Crippen LogP contribution in [0.2, 0.25) is 0 Å². The van der Waals surface area contributed by atoms with E-state index in [4.69, 9.17) is 18.9 Å². The molecular weight excluding hydrogens is 417 g/mol. The summed E-state index contributed by atoms with van der Waals surface area (Å²) in [6.07, 6.45) is -0.966. The number of halogens is 1. The largest absolute Gasteiger partial charge is 0.505 e. The van der Waals surface area contributed by atoms with Crippen LogP contribution in [0.3, 0.4) is 0 Å². The van der Waals surface area contributed by atoms with E-state index in [1.54, 1.807) is 18.2 Å². The van der Waals surface area contributed by atoms with Crippen molar-refractivity contribution in [1.82, 2.24) is 0 Å². The predicted octanol–water partition coefficient (Wildman–Crippen LogP) is 3.80. The Hall–Kier alpha value is -3.14. The smallest absolute Gasteiger partial charge is 0.412 e. The van der Waals surface area contributed by atoms with Gasteiger partial charge in [-0.2, -0.15) is 12.6 Å². The molecule has 0 saturated carbocycles. The molecule has 0 aliphatic carbocycles. The second kappa shape index (κ2) is 10.1. The molecule has 1 aliphatic heterocycles. The highest BCUT2D eigenvalue weighted by Gasteiger charge is 2.20. The minimum Gasteiger partial charge on any atom is -0.505 e. The van der Waals surface area contributed by atoms with Crippen LogP contribution in [0.4, 0.5) is 14.9 Å². The van der Waals surface area contributed by atoms with Crippen molar-refractivity contribution >= 4 is 30.4 Å². The SMILES string of the molecule is O=C(CS)OCCC[C@H](OC(=O)Nc1ccc2c(c1)OCO2)c1ccc(O)c(F)c1. The molecule has 0 unspecified atom stereocenters. The highest BCUT2D eigenvalue weighted by Crippen LogP contribution is 2.34. The number of anilines is 1. The lowest BCUT2D eigenvalue weighted by molar-refractivity contribution is -0.140. The molecular formula is C20H20FNO7S. The van der Waals surface area contributed by atoms with Crippen molar-refractivity contribution in [3.63, 3.8) is 0 Å². The monoisotopic (exact) mass is 437 g/mol. The Morgan fingerprint density at radius 2 is 2.00 bits per heavy atom. The third kappa shape index (κ3) is 5.69. The summed E-state index contributed by atoms with van der Waals surface area (Å²) in [5.74, 6) is -0.782. The number of carbonyl (C=O) groups is 2. The van der Waals surface area contributed by atoms with Gasteiger partial charge in [0.15, 0.2) is 23.1 Å². The van der Waals surface area contributed by atoms with E-state index in [9.17, 15) is 19.1 Å². The summed E-state index contributed by atoms with van der Waals surface area (Å²) < 4.78 is 34.7. The van der Waals surface area contributed by atoms with Crippen molar-refractivity contribution in [2.24, 2.45) is 0 Å². The molecule has 10 heteroatoms. The molecule has 160 valence electrons. The third-order valence-corrected chi connectivity index (χ3v) is 4.47. The van der Waals surface area contributed by atoms with Crippen LogP contribution in [0, 0.1) is 5.82 Å². The number of nitrogens with one attached hydrogen (secondary N) is 1. The van der Waals surface area contributed by atoms with Crippen LogP contribution >= 0.6 is 12.6 Å². The van der Waals surface area contributed by atoms with Gasteiger partial charge < -0.3 is 24.1 Å². The Morgan fingerprint density at radius 1 is 1.20 bits per heavy atom. The number of thiol groups is 1. The lowest BCUT2D eigenvalue weighted by atomic mass is 10.0. The van der Waals surface area contributed by atoms with Gasteiger partial charge in [-0.15, -0.1) is 0 Å². The second-order valence-electron chi connectivity index (χ2n) is 6.32. The zero-order chi connectivity index (χ0) is 21.5. The number of fused-ring (bicyclic) bond motifs is 1. The molecule has 2 aromatic rings. The fraction of sp³-hybridized carbons (Fsp3) is 0.300. The summed E-state index contributed by atoms with van der Waals surface area (Å²) in [7, 11) is 0. The van der Waals surface area contributed by atoms with Gasteiger partial charge in [0.2, 0.25) is 6.79 Å². The number of hydrogen-bond donors (Lipinski definition) is 3. The number of carbonyl (C=O) groups excluding carboxylic acids is 2. The molecule has 8 nitrogen and oxygen atoms in total. The fourth-order valence-electron chi connectivity index (χ4n) is 2.77. The van der Waals surface area contributed by atoms with Crippen molar-refractivity contribution in [3.8, 4) is 17.2 Å². The van der Waals surface area contributed by atoms with Crippen LogP contribution in [0.25, 0.3) is 0 Å². The fourth-order valence-corrected chi connectivity index (χ4v) is 2.86. The molecule has 1 heterocycles. The van der Waals surface area contributed by atoms with Gasteiger partial charge in [-0.1, -0.05) is 6.07 Å². The molecule has 0 fully saturated rings. The molecule has 0 radical (unpaired) electrons. The number of rotatable bonds is 8. The zero-order valence-corrected chi connectivity index (χ0v) is 16.7. The summed E-state index contributed by atoms with van der Waals surface area (Å²) in [4.78, 5) is 23.6. The van der Waals surface area contributed by atoms with Gasteiger partial charge in [0.05, 0.1) is 12.4 Å². The van der Waals surface area contributed by atoms with Crippen molar-refractivity contribution in [3.05, 3.63) is 47.8 Å². The maximum absolute atomic E-state index is 13.8. The second-order valence-corrected chi connectivity index (χ2v) is 6.63. The van der Waals surface area contributed by atoms with Crippen LogP contribution in [0.5, 0.6) is 17.2 Å². The van der Waals surface area contributed by atoms with Crippen LogP contribution in [-0.4, -0.2) is 36.3 Å². The predicted molar refractivity (Wildman–Crippen MR) is 108 cm³/mol. The van der Waals surface area contributed by atoms with Crippen molar-refractivity contribution in [2.45, 2.75) is 18.9 Å². The normalized spacial score (nSPS) is 12.9. The van der Waals surface area contributed by atoms with Gasteiger partial charge in [0, 0.05) is 11.8 Å². The summed E-state index contributed by atoms with van der Waals surface area (Å²) >= 11 is 3.82. The molecule has 30 heavy (non-hydrogen) atoms. The Balaban J connectivity index is 1.65. The number of phenolic OH excluding ortho intramolecular Hbond substituents is 1. The zero-order valence-electron chi connectivity index (χ0n) is 15.8. The number of benzene rings is 2. The first kappa shape index (κ1) is 21.6. The quantitative estimate of drug-likeness (QED) is 0.328. The van der Waals surface area contributed by atoms with Crippen LogP contribution < -0.4 is 14.8 Å². The van der Waals surface area contributed by atoms with Gasteiger partial charge >= 0.3 is 12.1 Å². The summed E-state index contributed by atoms with van der Waals surface area (Å²) in [5, 5.41) is 12.0. The Morgan fingerprint density at radius 3 is 2.77 bits per heavy atom. The molecule has 0 saturated heterocycles. The van der Waals surface area contributed by atoms with Crippen LogP contribution in [-0.2, 0) is 14.3 Å². The van der Waals surface area contributed by atoms with E-state index in [2.05, 4.69) is 17.9 Å². The number of ether oxygens (including phenoxy) is 4. The van der Waals surface area contributed by atoms with E-state index >= 15 is 0 Å². The molecule has 1 atom stereocenters. The standard InChI is InChI=1S/C20H20FNO7S/c21-14-8-12(3-5-15(14)23)16(2-1-7-26-19(24)10-30)29-20(25)22-13-4-6-17-18(9-13)28-11-27-17/h3-6,8-9,16,23,30H,1-2,7,10-11H2,(H,22,25)/t16-/m0/s1. The Labute approximate surface area is 177 Å². The van der Waals surface area contributed by atoms with E-state index in [-0.39, 0.29) is 25.6 Å². The molecule has 0 aromatic heterocycles. The Bertz CT molecular complexity index is 924. The first-order chi connectivity index (χ1) is 14.5. The van der Waals surface area contributed by atoms with Crippen molar-refractivity contribution in [1.29, 1.82) is 0 Å². The molecule has 2 aromatic carbocycles. The number of amides is 1. The first-order valence-electron chi connectivity index (χ1n) is 9.08. The van der Waals surface area contributed by atoms with E-state index in [1.807, 2.05) is 0 Å². The van der Waals surface area contributed by atoms with E-state index < -0.39 is 29.7 Å². The third-order valence-electron chi connectivity index (χ3n) is 4.21. The number of phenols is 1. The molecule has 0 spiro atoms. The lowest BCUT2D eigenvalue weighted by Crippen LogP contribution is -2.18. The molecule has 2 N–H and O–H groups in total. The van der Waals surface area contributed by atoms with E-state index in [0.717, 1.165) is 6.07 Å². The van der Waals surface area contributed by atoms with Gasteiger partial charge in [0.1, 0.15) is 6.10 Å². The average molecular weight is 437 g/mol. The maximum Gasteiger partial charge on any atom is 0.412 e. The molecule has 1 aliphatic rings. The highest BCUT2D eigenvalue weighted by atomic mass is 32.1. The molecule has 0 bridgehead atoms.